The van der Waals surface area contributed by atoms with E-state index in [1.54, 1.807) is 0 Å². The Kier molecular flexibility index (Phi) is 28.5. The highest BCUT2D eigenvalue weighted by molar-refractivity contribution is 5.79. The van der Waals surface area contributed by atoms with Crippen molar-refractivity contribution < 1.29 is 23.4 Å². The Labute approximate surface area is 464 Å². The Morgan fingerprint density at radius 2 is 0.675 bits per heavy atom. The number of nitrogens with zero attached hydrogens (tertiary/aromatic N) is 2. The molecular formula is C70H92N2O5. The van der Waals surface area contributed by atoms with E-state index < -0.39 is 0 Å². The lowest BCUT2D eigenvalue weighted by Gasteiger charge is -2.15. The molecule has 0 aliphatic carbocycles. The molecule has 0 fully saturated rings. The maximum Gasteiger partial charge on any atom is 0.248 e. The van der Waals surface area contributed by atoms with Gasteiger partial charge in [0.15, 0.2) is 0 Å². The molecule has 0 N–H and O–H groups in total. The fraction of sp³-hybridized carbons (Fsp3) is 0.457. The van der Waals surface area contributed by atoms with Crippen LogP contribution in [0.1, 0.15) is 215 Å². The van der Waals surface area contributed by atoms with E-state index in [4.69, 9.17) is 23.4 Å². The number of benzene rings is 5. The monoisotopic (exact) mass is 1040 g/mol. The van der Waals surface area contributed by atoms with Gasteiger partial charge in [0.2, 0.25) is 11.8 Å². The van der Waals surface area contributed by atoms with Gasteiger partial charge >= 0.3 is 0 Å². The van der Waals surface area contributed by atoms with Crippen LogP contribution in [-0.2, 0) is 0 Å². The number of ether oxygens (including phenoxy) is 4. The molecule has 6 aromatic rings. The second kappa shape index (κ2) is 36.6. The van der Waals surface area contributed by atoms with Crippen LogP contribution in [-0.4, -0.2) is 36.6 Å². The minimum atomic E-state index is 0.475. The molecule has 412 valence electrons. The first-order valence-corrected chi connectivity index (χ1v) is 30.0. The smallest absolute Gasteiger partial charge is 0.248 e. The van der Waals surface area contributed by atoms with E-state index >= 15 is 0 Å². The predicted molar refractivity (Wildman–Crippen MR) is 327 cm³/mol. The van der Waals surface area contributed by atoms with Crippen molar-refractivity contribution in [2.24, 2.45) is 0 Å². The van der Waals surface area contributed by atoms with E-state index in [1.807, 2.05) is 36.4 Å². The van der Waals surface area contributed by atoms with Gasteiger partial charge < -0.3 is 23.4 Å². The van der Waals surface area contributed by atoms with Crippen molar-refractivity contribution in [3.8, 4) is 45.9 Å². The molecule has 0 saturated heterocycles. The molecule has 0 aliphatic rings. The first-order valence-electron chi connectivity index (χ1n) is 30.0. The highest BCUT2D eigenvalue weighted by Crippen LogP contribution is 2.34. The van der Waals surface area contributed by atoms with Gasteiger partial charge in [-0.25, -0.2) is 0 Å². The summed E-state index contributed by atoms with van der Waals surface area (Å²) in [5.74, 6) is 4.45. The van der Waals surface area contributed by atoms with Crippen LogP contribution >= 0.6 is 0 Å². The lowest BCUT2D eigenvalue weighted by molar-refractivity contribution is 0.295. The Balaban J connectivity index is 1.12. The van der Waals surface area contributed by atoms with Gasteiger partial charge in [-0.3, -0.25) is 0 Å². The summed E-state index contributed by atoms with van der Waals surface area (Å²) in [4.78, 5) is 0. The van der Waals surface area contributed by atoms with Gasteiger partial charge in [0.05, 0.1) is 26.4 Å². The van der Waals surface area contributed by atoms with Crippen LogP contribution in [0.25, 0.3) is 59.4 Å². The predicted octanol–water partition coefficient (Wildman–Crippen LogP) is 20.9. The van der Waals surface area contributed by atoms with Crippen molar-refractivity contribution in [3.05, 3.63) is 143 Å². The highest BCUT2D eigenvalue weighted by atomic mass is 16.5. The van der Waals surface area contributed by atoms with Crippen molar-refractivity contribution in [2.45, 2.75) is 182 Å². The third-order valence-electron chi connectivity index (χ3n) is 14.1. The average Bonchev–Trinajstić information content (AvgIpc) is 3.97. The van der Waals surface area contributed by atoms with Crippen molar-refractivity contribution in [3.63, 3.8) is 0 Å². The van der Waals surface area contributed by atoms with Crippen LogP contribution in [0.15, 0.2) is 114 Å². The van der Waals surface area contributed by atoms with Gasteiger partial charge in [-0.2, -0.15) is 0 Å². The number of rotatable bonds is 40. The van der Waals surface area contributed by atoms with E-state index in [9.17, 15) is 0 Å². The van der Waals surface area contributed by atoms with Gasteiger partial charge in [-0.15, -0.1) is 10.2 Å². The summed E-state index contributed by atoms with van der Waals surface area (Å²) in [6.45, 7) is 11.8. The van der Waals surface area contributed by atoms with Crippen LogP contribution in [0.5, 0.6) is 23.0 Å². The third-order valence-corrected chi connectivity index (χ3v) is 14.1. The standard InChI is InChI=1S/C70H92N2O5/c1-5-9-13-17-21-28-50-73-65-48-49-66(74-51-29-22-18-14-10-6-2)62(54-65)45-39-58-34-41-60(42-35-58)69-71-72-70(77-69)61-43-36-59(37-44-61)40-47-64-56-67(75-52-30-23-19-15-11-7-3)63(46-38-57-32-26-25-27-33-57)55-68(64)76-53-31-24-20-16-12-8-4/h25-27,32-49,54-56H,5-24,28-31,50-53H2,1-4H3/b45-39+,46-38+,47-40+. The van der Waals surface area contributed by atoms with E-state index in [-0.39, 0.29) is 0 Å². The molecule has 7 heteroatoms. The minimum Gasteiger partial charge on any atom is -0.494 e. The third kappa shape index (κ3) is 22.6. The number of aromatic nitrogens is 2. The zero-order valence-corrected chi connectivity index (χ0v) is 47.6. The molecule has 0 amide bonds. The lowest BCUT2D eigenvalue weighted by Crippen LogP contribution is -2.03. The molecule has 0 saturated carbocycles. The fourth-order valence-corrected chi connectivity index (χ4v) is 9.30. The molecular weight excluding hydrogens is 949 g/mol. The molecule has 0 atom stereocenters. The van der Waals surface area contributed by atoms with Gasteiger partial charge in [0.25, 0.3) is 0 Å². The van der Waals surface area contributed by atoms with E-state index in [1.165, 1.54) is 128 Å². The molecule has 0 bridgehead atoms. The SMILES string of the molecule is CCCCCCCCOc1ccc(OCCCCCCCC)c(/C=C/c2ccc(-c3nnc(-c4ccc(/C=C/c5cc(OCCCCCCCC)c(/C=C/c6ccccc6)cc5OCCCCCCCC)cc4)o3)cc2)c1. The lowest BCUT2D eigenvalue weighted by atomic mass is 10.0. The zero-order chi connectivity index (χ0) is 53.8. The normalized spacial score (nSPS) is 11.6. The molecule has 77 heavy (non-hydrogen) atoms. The quantitative estimate of drug-likeness (QED) is 0.0280. The van der Waals surface area contributed by atoms with Crippen LogP contribution in [0.4, 0.5) is 0 Å². The summed E-state index contributed by atoms with van der Waals surface area (Å²) in [5, 5.41) is 8.90. The van der Waals surface area contributed by atoms with Crippen LogP contribution in [0, 0.1) is 0 Å². The topological polar surface area (TPSA) is 75.8 Å². The van der Waals surface area contributed by atoms with Crippen molar-refractivity contribution in [2.75, 3.05) is 26.4 Å². The van der Waals surface area contributed by atoms with Crippen molar-refractivity contribution in [1.29, 1.82) is 0 Å². The maximum atomic E-state index is 6.59. The Bertz CT molecular complexity index is 2590. The average molecular weight is 1040 g/mol. The van der Waals surface area contributed by atoms with Gasteiger partial charge in [-0.05, 0) is 97.0 Å². The molecule has 5 aromatic carbocycles. The Morgan fingerprint density at radius 1 is 0.325 bits per heavy atom. The summed E-state index contributed by atoms with van der Waals surface area (Å²) in [6.07, 6.45) is 42.2. The number of hydrogen-bond acceptors (Lipinski definition) is 7. The maximum absolute atomic E-state index is 6.59. The van der Waals surface area contributed by atoms with Crippen LogP contribution < -0.4 is 18.9 Å². The summed E-state index contributed by atoms with van der Waals surface area (Å²) in [6, 6.07) is 37.4. The van der Waals surface area contributed by atoms with Crippen LogP contribution in [0.3, 0.4) is 0 Å². The van der Waals surface area contributed by atoms with E-state index in [0.29, 0.717) is 31.6 Å². The van der Waals surface area contributed by atoms with Gasteiger partial charge in [0, 0.05) is 27.8 Å². The zero-order valence-electron chi connectivity index (χ0n) is 47.6. The number of unbranched alkanes of at least 4 members (excludes halogenated alkanes) is 20. The molecule has 0 spiro atoms. The van der Waals surface area contributed by atoms with Crippen molar-refractivity contribution >= 4 is 36.5 Å². The summed E-state index contributed by atoms with van der Waals surface area (Å²) >= 11 is 0. The molecule has 6 rings (SSSR count). The summed E-state index contributed by atoms with van der Waals surface area (Å²) in [7, 11) is 0. The molecule has 0 radical (unpaired) electrons. The second-order valence-electron chi connectivity index (χ2n) is 20.7. The summed E-state index contributed by atoms with van der Waals surface area (Å²) in [5.41, 5.74) is 7.99. The van der Waals surface area contributed by atoms with Crippen molar-refractivity contribution in [1.82, 2.24) is 10.2 Å². The molecule has 7 nitrogen and oxygen atoms in total. The largest absolute Gasteiger partial charge is 0.494 e. The second-order valence-corrected chi connectivity index (χ2v) is 20.7. The number of hydrogen-bond donors (Lipinski definition) is 0. The van der Waals surface area contributed by atoms with Gasteiger partial charge in [0.1, 0.15) is 23.0 Å². The minimum absolute atomic E-state index is 0.475. The van der Waals surface area contributed by atoms with E-state index in [0.717, 1.165) is 99.8 Å². The first kappa shape index (κ1) is 59.9. The molecule has 1 heterocycles. The van der Waals surface area contributed by atoms with Gasteiger partial charge in [-0.1, -0.05) is 247 Å². The fourth-order valence-electron chi connectivity index (χ4n) is 9.30. The van der Waals surface area contributed by atoms with E-state index in [2.05, 4.69) is 147 Å². The molecule has 0 aliphatic heterocycles. The van der Waals surface area contributed by atoms with Crippen LogP contribution in [0.2, 0.25) is 0 Å². The Hall–Kier alpha value is -6.34. The summed E-state index contributed by atoms with van der Waals surface area (Å²) < 4.78 is 32.0. The molecule has 1 aromatic heterocycles. The highest BCUT2D eigenvalue weighted by Gasteiger charge is 2.13. The Morgan fingerprint density at radius 3 is 1.09 bits per heavy atom. The first-order chi connectivity index (χ1) is 38.1. The molecule has 0 unspecified atom stereocenters.